The van der Waals surface area contributed by atoms with E-state index in [9.17, 15) is 14.0 Å². The molecule has 0 radical (unpaired) electrons. The fourth-order valence-electron chi connectivity index (χ4n) is 1.88. The Kier molecular flexibility index (Phi) is 7.97. The topological polar surface area (TPSA) is 90.5 Å². The normalized spacial score (nSPS) is 13.1. The number of nitrogens with one attached hydrogen (secondary N) is 3. The largest absolute Gasteiger partial charge is 0.395 e. The Bertz CT molecular complexity index is 557. The molecule has 0 bridgehead atoms. The Morgan fingerprint density at radius 1 is 1.39 bits per heavy atom. The highest BCUT2D eigenvalue weighted by molar-refractivity contribution is 9.10. The number of hydrogen-bond donors (Lipinski definition) is 4. The van der Waals surface area contributed by atoms with E-state index in [1.165, 1.54) is 12.1 Å². The highest BCUT2D eigenvalue weighted by atomic mass is 79.9. The maximum absolute atomic E-state index is 13.7. The predicted octanol–water partition coefficient (Wildman–Crippen LogP) is 2.23. The molecule has 0 spiro atoms. The molecule has 1 rings (SSSR count). The number of amides is 3. The van der Waals surface area contributed by atoms with Crippen LogP contribution in [0.4, 0.5) is 14.9 Å². The second-order valence-corrected chi connectivity index (χ2v) is 6.02. The third kappa shape index (κ3) is 6.15. The molecule has 2 atom stereocenters. The molecular formula is C15H21BrFN3O3. The van der Waals surface area contributed by atoms with Crippen molar-refractivity contribution in [2.24, 2.45) is 5.92 Å². The lowest BCUT2D eigenvalue weighted by molar-refractivity contribution is -0.124. The molecule has 0 unspecified atom stereocenters. The average molecular weight is 390 g/mol. The summed E-state index contributed by atoms with van der Waals surface area (Å²) in [5.41, 5.74) is 0.0179. The molecular weight excluding hydrogens is 369 g/mol. The van der Waals surface area contributed by atoms with Gasteiger partial charge < -0.3 is 21.1 Å². The van der Waals surface area contributed by atoms with Gasteiger partial charge in [0.05, 0.1) is 12.3 Å². The van der Waals surface area contributed by atoms with Crippen LogP contribution < -0.4 is 16.0 Å². The zero-order chi connectivity index (χ0) is 17.4. The minimum Gasteiger partial charge on any atom is -0.395 e. The van der Waals surface area contributed by atoms with Crippen molar-refractivity contribution < 1.29 is 19.1 Å². The van der Waals surface area contributed by atoms with Crippen LogP contribution >= 0.6 is 15.9 Å². The molecule has 1 aromatic carbocycles. The van der Waals surface area contributed by atoms with Crippen molar-refractivity contribution in [3.05, 3.63) is 28.5 Å². The molecule has 0 aliphatic heterocycles. The van der Waals surface area contributed by atoms with Crippen molar-refractivity contribution in [1.29, 1.82) is 0 Å². The number of rotatable bonds is 7. The molecule has 0 aromatic heterocycles. The number of anilines is 1. The van der Waals surface area contributed by atoms with Gasteiger partial charge >= 0.3 is 6.03 Å². The Morgan fingerprint density at radius 2 is 2.09 bits per heavy atom. The second kappa shape index (κ2) is 9.46. The van der Waals surface area contributed by atoms with Gasteiger partial charge in [0.25, 0.3) is 0 Å². The number of halogens is 2. The number of carbonyl (C=O) groups is 2. The quantitative estimate of drug-likeness (QED) is 0.576. The molecule has 0 saturated carbocycles. The average Bonchev–Trinajstić information content (AvgIpc) is 2.52. The standard InChI is InChI=1S/C15H21BrFN3O3/c1-3-9(2)13(14(22)18-6-7-21)20-15(23)19-12-5-4-10(16)8-11(12)17/h4-5,8-9,13,21H,3,6-7H2,1-2H3,(H,18,22)(H2,19,20,23)/t9-,13-/m0/s1. The summed E-state index contributed by atoms with van der Waals surface area (Å²) < 4.78 is 14.3. The molecule has 0 aliphatic carbocycles. The van der Waals surface area contributed by atoms with Gasteiger partial charge in [0.15, 0.2) is 0 Å². The third-order valence-electron chi connectivity index (χ3n) is 3.37. The van der Waals surface area contributed by atoms with Crippen LogP contribution in [0.2, 0.25) is 0 Å². The van der Waals surface area contributed by atoms with E-state index in [1.807, 2.05) is 13.8 Å². The summed E-state index contributed by atoms with van der Waals surface area (Å²) in [5, 5.41) is 16.2. The van der Waals surface area contributed by atoms with E-state index in [-0.39, 0.29) is 30.7 Å². The lowest BCUT2D eigenvalue weighted by atomic mass is 9.98. The molecule has 0 aliphatic rings. The second-order valence-electron chi connectivity index (χ2n) is 5.10. The fraction of sp³-hybridized carbons (Fsp3) is 0.467. The first-order valence-electron chi connectivity index (χ1n) is 7.30. The molecule has 1 aromatic rings. The van der Waals surface area contributed by atoms with E-state index < -0.39 is 17.9 Å². The fourth-order valence-corrected chi connectivity index (χ4v) is 2.21. The summed E-state index contributed by atoms with van der Waals surface area (Å²) in [6.07, 6.45) is 0.671. The van der Waals surface area contributed by atoms with Crippen molar-refractivity contribution >= 4 is 33.6 Å². The van der Waals surface area contributed by atoms with Crippen LogP contribution in [0, 0.1) is 11.7 Å². The first-order valence-corrected chi connectivity index (χ1v) is 8.09. The van der Waals surface area contributed by atoms with E-state index >= 15 is 0 Å². The number of benzene rings is 1. The van der Waals surface area contributed by atoms with Gasteiger partial charge in [0, 0.05) is 11.0 Å². The molecule has 0 saturated heterocycles. The summed E-state index contributed by atoms with van der Waals surface area (Å²) in [6, 6.07) is 2.80. The Balaban J connectivity index is 2.74. The van der Waals surface area contributed by atoms with Gasteiger partial charge in [0.2, 0.25) is 5.91 Å². The summed E-state index contributed by atoms with van der Waals surface area (Å²) >= 11 is 3.13. The van der Waals surface area contributed by atoms with Gasteiger partial charge in [-0.15, -0.1) is 0 Å². The summed E-state index contributed by atoms with van der Waals surface area (Å²) in [7, 11) is 0. The molecule has 0 heterocycles. The van der Waals surface area contributed by atoms with Gasteiger partial charge in [-0.3, -0.25) is 4.79 Å². The zero-order valence-corrected chi connectivity index (χ0v) is 14.6. The van der Waals surface area contributed by atoms with Crippen molar-refractivity contribution in [3.8, 4) is 0 Å². The van der Waals surface area contributed by atoms with Gasteiger partial charge in [-0.25, -0.2) is 9.18 Å². The highest BCUT2D eigenvalue weighted by Crippen LogP contribution is 2.19. The summed E-state index contributed by atoms with van der Waals surface area (Å²) in [4.78, 5) is 24.1. The molecule has 23 heavy (non-hydrogen) atoms. The Hall–Kier alpha value is -1.67. The van der Waals surface area contributed by atoms with Crippen molar-refractivity contribution in [3.63, 3.8) is 0 Å². The van der Waals surface area contributed by atoms with Gasteiger partial charge in [-0.1, -0.05) is 36.2 Å². The maximum Gasteiger partial charge on any atom is 0.319 e. The lowest BCUT2D eigenvalue weighted by Crippen LogP contribution is -2.51. The molecule has 128 valence electrons. The summed E-state index contributed by atoms with van der Waals surface area (Å²) in [6.45, 7) is 3.64. The van der Waals surface area contributed by atoms with Crippen LogP contribution in [0.15, 0.2) is 22.7 Å². The highest BCUT2D eigenvalue weighted by Gasteiger charge is 2.25. The molecule has 4 N–H and O–H groups in total. The number of carbonyl (C=O) groups excluding carboxylic acids is 2. The zero-order valence-electron chi connectivity index (χ0n) is 13.0. The molecule has 3 amide bonds. The predicted molar refractivity (Wildman–Crippen MR) is 89.6 cm³/mol. The van der Waals surface area contributed by atoms with Crippen LogP contribution in [0.3, 0.4) is 0 Å². The van der Waals surface area contributed by atoms with Crippen LogP contribution in [-0.4, -0.2) is 36.2 Å². The summed E-state index contributed by atoms with van der Waals surface area (Å²) in [5.74, 6) is -1.09. The number of hydrogen-bond acceptors (Lipinski definition) is 3. The monoisotopic (exact) mass is 389 g/mol. The number of aliphatic hydroxyl groups excluding tert-OH is 1. The van der Waals surface area contributed by atoms with Crippen LogP contribution in [0.25, 0.3) is 0 Å². The number of aliphatic hydroxyl groups is 1. The van der Waals surface area contributed by atoms with E-state index in [2.05, 4.69) is 31.9 Å². The Labute approximate surface area is 143 Å². The molecule has 0 fully saturated rings. The molecule has 8 heteroatoms. The van der Waals surface area contributed by atoms with Crippen LogP contribution in [0.5, 0.6) is 0 Å². The minimum atomic E-state index is -0.773. The van der Waals surface area contributed by atoms with Gasteiger partial charge in [-0.05, 0) is 24.1 Å². The van der Waals surface area contributed by atoms with E-state index in [1.54, 1.807) is 6.07 Å². The smallest absolute Gasteiger partial charge is 0.319 e. The van der Waals surface area contributed by atoms with Gasteiger partial charge in [0.1, 0.15) is 11.9 Å². The van der Waals surface area contributed by atoms with Gasteiger partial charge in [-0.2, -0.15) is 0 Å². The third-order valence-corrected chi connectivity index (χ3v) is 3.87. The first kappa shape index (κ1) is 19.4. The minimum absolute atomic E-state index is 0.0179. The first-order chi connectivity index (χ1) is 10.9. The van der Waals surface area contributed by atoms with Crippen molar-refractivity contribution in [2.75, 3.05) is 18.5 Å². The van der Waals surface area contributed by atoms with E-state index in [0.717, 1.165) is 0 Å². The SMILES string of the molecule is CC[C@H](C)[C@H](NC(=O)Nc1ccc(Br)cc1F)C(=O)NCCO. The van der Waals surface area contributed by atoms with E-state index in [4.69, 9.17) is 5.11 Å². The maximum atomic E-state index is 13.7. The molecule has 6 nitrogen and oxygen atoms in total. The number of urea groups is 1. The van der Waals surface area contributed by atoms with Crippen molar-refractivity contribution in [1.82, 2.24) is 10.6 Å². The van der Waals surface area contributed by atoms with E-state index in [0.29, 0.717) is 10.9 Å². The van der Waals surface area contributed by atoms with Crippen molar-refractivity contribution in [2.45, 2.75) is 26.3 Å². The lowest BCUT2D eigenvalue weighted by Gasteiger charge is -2.23. The Morgan fingerprint density at radius 3 is 2.65 bits per heavy atom. The van der Waals surface area contributed by atoms with Crippen LogP contribution in [-0.2, 0) is 4.79 Å². The van der Waals surface area contributed by atoms with Crippen LogP contribution in [0.1, 0.15) is 20.3 Å².